The van der Waals surface area contributed by atoms with E-state index in [1.807, 2.05) is 16.9 Å². The fourth-order valence-corrected chi connectivity index (χ4v) is 1.80. The zero-order valence-corrected chi connectivity index (χ0v) is 15.7. The van der Waals surface area contributed by atoms with Crippen LogP contribution >= 0.6 is 24.0 Å². The van der Waals surface area contributed by atoms with E-state index in [2.05, 4.69) is 46.6 Å². The van der Waals surface area contributed by atoms with E-state index in [0.717, 1.165) is 51.5 Å². The van der Waals surface area contributed by atoms with Crippen LogP contribution < -0.4 is 10.6 Å². The fourth-order valence-electron chi connectivity index (χ4n) is 1.80. The van der Waals surface area contributed by atoms with Gasteiger partial charge in [0.25, 0.3) is 0 Å². The number of nitrogens with zero attached hydrogens (tertiary/aromatic N) is 4. The Bertz CT molecular complexity index is 364. The molecule has 1 aromatic heterocycles. The maximum atomic E-state index is 4.57. The van der Waals surface area contributed by atoms with Crippen LogP contribution in [0.3, 0.4) is 0 Å². The van der Waals surface area contributed by atoms with Gasteiger partial charge in [-0.25, -0.2) is 0 Å². The number of hydrogen-bond donors (Lipinski definition) is 2. The van der Waals surface area contributed by atoms with Gasteiger partial charge in [0.05, 0.1) is 0 Å². The predicted octanol–water partition coefficient (Wildman–Crippen LogP) is 1.40. The summed E-state index contributed by atoms with van der Waals surface area (Å²) in [6.45, 7) is 6.73. The van der Waals surface area contributed by atoms with E-state index in [0.29, 0.717) is 0 Å². The third-order valence-corrected chi connectivity index (χ3v) is 2.79. The van der Waals surface area contributed by atoms with Crippen LogP contribution in [0.5, 0.6) is 0 Å². The lowest BCUT2D eigenvalue weighted by molar-refractivity contribution is 0.399. The molecule has 1 aromatic rings. The second-order valence-electron chi connectivity index (χ2n) is 4.97. The van der Waals surface area contributed by atoms with Crippen molar-refractivity contribution in [2.75, 3.05) is 40.3 Å². The van der Waals surface area contributed by atoms with Gasteiger partial charge >= 0.3 is 0 Å². The summed E-state index contributed by atoms with van der Waals surface area (Å²) in [4.78, 5) is 6.76. The highest BCUT2D eigenvalue weighted by Gasteiger charge is 1.97. The van der Waals surface area contributed by atoms with Crippen LogP contribution in [-0.2, 0) is 6.54 Å². The zero-order valence-electron chi connectivity index (χ0n) is 13.4. The molecule has 6 nitrogen and oxygen atoms in total. The molecule has 0 fully saturated rings. The molecule has 0 aliphatic heterocycles. The molecule has 1 rings (SSSR count). The van der Waals surface area contributed by atoms with E-state index in [9.17, 15) is 0 Å². The van der Waals surface area contributed by atoms with Crippen molar-refractivity contribution < 1.29 is 0 Å². The fraction of sp³-hybridized carbons (Fsp3) is 0.714. The number of aryl methyl sites for hydroxylation is 1. The third-order valence-electron chi connectivity index (χ3n) is 2.79. The summed E-state index contributed by atoms with van der Waals surface area (Å²) >= 11 is 0. The van der Waals surface area contributed by atoms with Gasteiger partial charge in [-0.1, -0.05) is 0 Å². The minimum atomic E-state index is 0. The van der Waals surface area contributed by atoms with Crippen LogP contribution in [0.4, 0.5) is 0 Å². The van der Waals surface area contributed by atoms with Crippen molar-refractivity contribution in [3.8, 4) is 0 Å². The van der Waals surface area contributed by atoms with Crippen molar-refractivity contribution >= 4 is 29.9 Å². The van der Waals surface area contributed by atoms with Crippen LogP contribution in [0.25, 0.3) is 0 Å². The van der Waals surface area contributed by atoms with Crippen LogP contribution in [0, 0.1) is 0 Å². The highest BCUT2D eigenvalue weighted by molar-refractivity contribution is 14.0. The molecule has 0 unspecified atom stereocenters. The molecule has 0 aromatic carbocycles. The van der Waals surface area contributed by atoms with Crippen molar-refractivity contribution in [3.63, 3.8) is 0 Å². The Balaban J connectivity index is 0.00000400. The lowest BCUT2D eigenvalue weighted by atomic mass is 10.4. The number of hydrogen-bond acceptors (Lipinski definition) is 3. The largest absolute Gasteiger partial charge is 0.357 e. The molecule has 0 saturated carbocycles. The standard InChI is InChI=1S/C14H28N6.HI/c1-4-15-14(16-8-5-11-19(2)3)17-9-6-12-20-13-7-10-18-20;/h7,10,13H,4-6,8-9,11-12H2,1-3H3,(H2,15,16,17);1H. The quantitative estimate of drug-likeness (QED) is 0.281. The number of aromatic nitrogens is 2. The smallest absolute Gasteiger partial charge is 0.191 e. The van der Waals surface area contributed by atoms with E-state index >= 15 is 0 Å². The first-order valence-electron chi connectivity index (χ1n) is 7.36. The minimum absolute atomic E-state index is 0. The average molecular weight is 408 g/mol. The normalized spacial score (nSPS) is 11.3. The van der Waals surface area contributed by atoms with Crippen molar-refractivity contribution in [1.82, 2.24) is 25.3 Å². The maximum Gasteiger partial charge on any atom is 0.191 e. The van der Waals surface area contributed by atoms with Crippen LogP contribution in [0.15, 0.2) is 23.5 Å². The van der Waals surface area contributed by atoms with Crippen molar-refractivity contribution in [2.24, 2.45) is 4.99 Å². The summed E-state index contributed by atoms with van der Waals surface area (Å²) in [7, 11) is 4.18. The Morgan fingerprint density at radius 3 is 2.71 bits per heavy atom. The van der Waals surface area contributed by atoms with E-state index in [1.165, 1.54) is 0 Å². The number of halogens is 1. The molecular weight excluding hydrogens is 379 g/mol. The van der Waals surface area contributed by atoms with Gasteiger partial charge in [0.15, 0.2) is 5.96 Å². The van der Waals surface area contributed by atoms with E-state index in [-0.39, 0.29) is 24.0 Å². The summed E-state index contributed by atoms with van der Waals surface area (Å²) < 4.78 is 1.94. The topological polar surface area (TPSA) is 57.5 Å². The van der Waals surface area contributed by atoms with Gasteiger partial charge in [-0.2, -0.15) is 5.10 Å². The highest BCUT2D eigenvalue weighted by Crippen LogP contribution is 1.90. The SMILES string of the molecule is CCNC(=NCCCn1cccn1)NCCCN(C)C.I. The van der Waals surface area contributed by atoms with Gasteiger partial charge in [0.1, 0.15) is 0 Å². The Hall–Kier alpha value is -0.830. The van der Waals surface area contributed by atoms with Gasteiger partial charge in [-0.3, -0.25) is 9.67 Å². The first-order chi connectivity index (χ1) is 9.72. The molecular formula is C14H29IN6. The molecule has 7 heteroatoms. The molecule has 0 aliphatic rings. The summed E-state index contributed by atoms with van der Waals surface area (Å²) in [5.41, 5.74) is 0. The average Bonchev–Trinajstić information content (AvgIpc) is 2.92. The van der Waals surface area contributed by atoms with E-state index < -0.39 is 0 Å². The summed E-state index contributed by atoms with van der Waals surface area (Å²) in [5, 5.41) is 10.8. The zero-order chi connectivity index (χ0) is 14.6. The van der Waals surface area contributed by atoms with Gasteiger partial charge in [0, 0.05) is 38.6 Å². The van der Waals surface area contributed by atoms with Crippen molar-refractivity contribution in [3.05, 3.63) is 18.5 Å². The van der Waals surface area contributed by atoms with Gasteiger partial charge < -0.3 is 15.5 Å². The molecule has 0 aliphatic carbocycles. The first-order valence-corrected chi connectivity index (χ1v) is 7.36. The monoisotopic (exact) mass is 408 g/mol. The van der Waals surface area contributed by atoms with Crippen molar-refractivity contribution in [1.29, 1.82) is 0 Å². The molecule has 0 radical (unpaired) electrons. The molecule has 0 atom stereocenters. The van der Waals surface area contributed by atoms with Gasteiger partial charge in [0.2, 0.25) is 0 Å². The Morgan fingerprint density at radius 1 is 1.29 bits per heavy atom. The second kappa shape index (κ2) is 12.9. The lowest BCUT2D eigenvalue weighted by Crippen LogP contribution is -2.38. The molecule has 0 bridgehead atoms. The predicted molar refractivity (Wildman–Crippen MR) is 99.4 cm³/mol. The first kappa shape index (κ1) is 20.2. The van der Waals surface area contributed by atoms with Gasteiger partial charge in [-0.15, -0.1) is 24.0 Å². The molecule has 0 amide bonds. The lowest BCUT2D eigenvalue weighted by Gasteiger charge is -2.13. The molecule has 2 N–H and O–H groups in total. The van der Waals surface area contributed by atoms with Crippen LogP contribution in [0.2, 0.25) is 0 Å². The number of nitrogens with one attached hydrogen (secondary N) is 2. The number of aliphatic imine (C=N–C) groups is 1. The maximum absolute atomic E-state index is 4.57. The Labute approximate surface area is 145 Å². The third kappa shape index (κ3) is 10.5. The Morgan fingerprint density at radius 2 is 2.10 bits per heavy atom. The summed E-state index contributed by atoms with van der Waals surface area (Å²) in [6.07, 6.45) is 5.90. The molecule has 0 spiro atoms. The van der Waals surface area contributed by atoms with E-state index in [1.54, 1.807) is 6.20 Å². The Kier molecular flexibility index (Phi) is 12.4. The number of rotatable bonds is 9. The summed E-state index contributed by atoms with van der Waals surface area (Å²) in [6, 6.07) is 1.94. The molecule has 21 heavy (non-hydrogen) atoms. The van der Waals surface area contributed by atoms with Crippen LogP contribution in [-0.4, -0.2) is 60.9 Å². The minimum Gasteiger partial charge on any atom is -0.357 e. The second-order valence-corrected chi connectivity index (χ2v) is 4.97. The molecule has 1 heterocycles. The number of guanidine groups is 1. The highest BCUT2D eigenvalue weighted by atomic mass is 127. The van der Waals surface area contributed by atoms with Crippen LogP contribution in [0.1, 0.15) is 19.8 Å². The van der Waals surface area contributed by atoms with E-state index in [4.69, 9.17) is 0 Å². The summed E-state index contributed by atoms with van der Waals surface area (Å²) in [5.74, 6) is 0.909. The van der Waals surface area contributed by atoms with Gasteiger partial charge in [-0.05, 0) is 46.5 Å². The molecule has 0 saturated heterocycles. The molecule has 122 valence electrons. The van der Waals surface area contributed by atoms with Crippen molar-refractivity contribution in [2.45, 2.75) is 26.3 Å².